The van der Waals surface area contributed by atoms with Crippen LogP contribution in [0.4, 0.5) is 5.69 Å². The lowest BCUT2D eigenvalue weighted by Crippen LogP contribution is -2.12. The summed E-state index contributed by atoms with van der Waals surface area (Å²) in [6, 6.07) is 2.50. The standard InChI is InChI=1S/C10H7Cl2N3O2S/c1-18-10(14-4-13)15-8-6(11)2-5(9(16)17)3-7(8)12/h2-3H,1H3,(H,14,15)(H,16,17). The minimum absolute atomic E-state index is 0.0251. The van der Waals surface area contributed by atoms with Crippen molar-refractivity contribution in [1.82, 2.24) is 5.32 Å². The molecule has 0 saturated carbocycles. The van der Waals surface area contributed by atoms with Gasteiger partial charge in [-0.3, -0.25) is 5.32 Å². The lowest BCUT2D eigenvalue weighted by Gasteiger charge is -2.05. The maximum atomic E-state index is 10.8. The molecular weight excluding hydrogens is 297 g/mol. The van der Waals surface area contributed by atoms with E-state index < -0.39 is 5.97 Å². The highest BCUT2D eigenvalue weighted by Gasteiger charge is 2.12. The molecule has 0 amide bonds. The molecule has 1 aromatic carbocycles. The van der Waals surface area contributed by atoms with Gasteiger partial charge in [-0.05, 0) is 18.4 Å². The van der Waals surface area contributed by atoms with Crippen molar-refractivity contribution in [1.29, 1.82) is 5.26 Å². The van der Waals surface area contributed by atoms with Crippen LogP contribution in [0.15, 0.2) is 17.1 Å². The number of rotatable bonds is 2. The van der Waals surface area contributed by atoms with Gasteiger partial charge in [-0.15, -0.1) is 0 Å². The first-order chi connectivity index (χ1) is 8.49. The highest BCUT2D eigenvalue weighted by molar-refractivity contribution is 8.13. The zero-order valence-electron chi connectivity index (χ0n) is 9.07. The van der Waals surface area contributed by atoms with Crippen LogP contribution in [0.3, 0.4) is 0 Å². The van der Waals surface area contributed by atoms with Crippen LogP contribution in [0.2, 0.25) is 10.0 Å². The van der Waals surface area contributed by atoms with E-state index >= 15 is 0 Å². The van der Waals surface area contributed by atoms with Crippen LogP contribution < -0.4 is 5.32 Å². The number of thioether (sulfide) groups is 1. The summed E-state index contributed by atoms with van der Waals surface area (Å²) in [4.78, 5) is 14.8. The highest BCUT2D eigenvalue weighted by Crippen LogP contribution is 2.35. The van der Waals surface area contributed by atoms with Crippen LogP contribution in [0.5, 0.6) is 0 Å². The number of halogens is 2. The van der Waals surface area contributed by atoms with Crippen molar-refractivity contribution in [2.75, 3.05) is 6.26 Å². The minimum Gasteiger partial charge on any atom is -0.478 e. The van der Waals surface area contributed by atoms with Crippen LogP contribution >= 0.6 is 35.0 Å². The molecule has 18 heavy (non-hydrogen) atoms. The molecule has 94 valence electrons. The number of aliphatic imine (C=N–C) groups is 1. The van der Waals surface area contributed by atoms with Crippen LogP contribution in [-0.4, -0.2) is 22.5 Å². The predicted octanol–water partition coefficient (Wildman–Crippen LogP) is 3.11. The Hall–Kier alpha value is -1.42. The molecule has 0 aliphatic heterocycles. The van der Waals surface area contributed by atoms with Gasteiger partial charge >= 0.3 is 5.97 Å². The van der Waals surface area contributed by atoms with Crippen molar-refractivity contribution in [3.05, 3.63) is 27.7 Å². The van der Waals surface area contributed by atoms with Gasteiger partial charge in [-0.1, -0.05) is 35.0 Å². The molecule has 1 rings (SSSR count). The fraction of sp³-hybridized carbons (Fsp3) is 0.100. The van der Waals surface area contributed by atoms with Crippen molar-refractivity contribution in [3.63, 3.8) is 0 Å². The highest BCUT2D eigenvalue weighted by atomic mass is 35.5. The number of nitrogens with one attached hydrogen (secondary N) is 1. The van der Waals surface area contributed by atoms with Crippen molar-refractivity contribution < 1.29 is 9.90 Å². The Labute approximate surface area is 117 Å². The molecule has 0 unspecified atom stereocenters. The molecule has 0 saturated heterocycles. The first-order valence-corrected chi connectivity index (χ1v) is 6.47. The Morgan fingerprint density at radius 3 is 2.44 bits per heavy atom. The smallest absolute Gasteiger partial charge is 0.335 e. The van der Waals surface area contributed by atoms with Crippen molar-refractivity contribution in [3.8, 4) is 6.19 Å². The summed E-state index contributed by atoms with van der Waals surface area (Å²) in [7, 11) is 0. The number of carboxylic acid groups (broad SMARTS) is 1. The van der Waals surface area contributed by atoms with E-state index in [4.69, 9.17) is 33.6 Å². The molecule has 0 radical (unpaired) electrons. The van der Waals surface area contributed by atoms with Crippen LogP contribution in [0.25, 0.3) is 0 Å². The Morgan fingerprint density at radius 2 is 2.06 bits per heavy atom. The van der Waals surface area contributed by atoms with E-state index in [1.54, 1.807) is 12.4 Å². The Morgan fingerprint density at radius 1 is 1.50 bits per heavy atom. The fourth-order valence-electron chi connectivity index (χ4n) is 1.07. The topological polar surface area (TPSA) is 85.5 Å². The number of nitriles is 1. The predicted molar refractivity (Wildman–Crippen MR) is 72.8 cm³/mol. The lowest BCUT2D eigenvalue weighted by atomic mass is 10.2. The summed E-state index contributed by atoms with van der Waals surface area (Å²) < 4.78 is 0. The summed E-state index contributed by atoms with van der Waals surface area (Å²) in [5, 5.41) is 20.2. The molecule has 8 heteroatoms. The van der Waals surface area contributed by atoms with Gasteiger partial charge in [0.05, 0.1) is 15.6 Å². The number of carbonyl (C=O) groups is 1. The minimum atomic E-state index is -1.13. The number of amidine groups is 1. The van der Waals surface area contributed by atoms with Crippen molar-refractivity contribution >= 4 is 51.8 Å². The maximum Gasteiger partial charge on any atom is 0.335 e. The second-order valence-corrected chi connectivity index (χ2v) is 4.56. The molecule has 0 aliphatic rings. The third-order valence-corrected chi connectivity index (χ3v) is 2.99. The Kier molecular flexibility index (Phi) is 5.28. The molecular formula is C10H7Cl2N3O2S. The van der Waals surface area contributed by atoms with E-state index in [9.17, 15) is 4.79 Å². The summed E-state index contributed by atoms with van der Waals surface area (Å²) in [6.07, 6.45) is 3.44. The number of benzene rings is 1. The molecule has 0 spiro atoms. The second kappa shape index (κ2) is 6.50. The van der Waals surface area contributed by atoms with E-state index in [0.29, 0.717) is 5.17 Å². The first kappa shape index (κ1) is 14.6. The zero-order valence-corrected chi connectivity index (χ0v) is 11.4. The van der Waals surface area contributed by atoms with Crippen molar-refractivity contribution in [2.45, 2.75) is 0 Å². The average Bonchev–Trinajstić information content (AvgIpc) is 2.31. The van der Waals surface area contributed by atoms with E-state index in [2.05, 4.69) is 10.3 Å². The van der Waals surface area contributed by atoms with Crippen LogP contribution in [0.1, 0.15) is 10.4 Å². The normalized spacial score (nSPS) is 10.9. The SMILES string of the molecule is CSC(=Nc1c(Cl)cc(C(=O)O)cc1Cl)NC#N. The van der Waals surface area contributed by atoms with Gasteiger partial charge in [-0.2, -0.15) is 5.26 Å². The van der Waals surface area contributed by atoms with Crippen LogP contribution in [-0.2, 0) is 0 Å². The summed E-state index contributed by atoms with van der Waals surface area (Å²) in [5.74, 6) is -1.13. The van der Waals surface area contributed by atoms with E-state index in [-0.39, 0.29) is 21.3 Å². The van der Waals surface area contributed by atoms with E-state index in [1.165, 1.54) is 23.9 Å². The van der Waals surface area contributed by atoms with Gasteiger partial charge in [0, 0.05) is 0 Å². The third kappa shape index (κ3) is 3.53. The van der Waals surface area contributed by atoms with E-state index in [1.807, 2.05) is 0 Å². The third-order valence-electron chi connectivity index (χ3n) is 1.83. The lowest BCUT2D eigenvalue weighted by molar-refractivity contribution is 0.0697. The molecule has 0 fully saturated rings. The van der Waals surface area contributed by atoms with Gasteiger partial charge in [0.1, 0.15) is 5.69 Å². The number of aromatic carboxylic acids is 1. The number of nitrogens with zero attached hydrogens (tertiary/aromatic N) is 2. The quantitative estimate of drug-likeness (QED) is 0.379. The summed E-state index contributed by atoms with van der Waals surface area (Å²) in [5.41, 5.74) is 0.193. The van der Waals surface area contributed by atoms with Crippen LogP contribution in [0, 0.1) is 11.5 Å². The van der Waals surface area contributed by atoms with Gasteiger partial charge in [0.2, 0.25) is 0 Å². The molecule has 5 nitrogen and oxygen atoms in total. The number of hydrogen-bond acceptors (Lipinski definition) is 4. The largest absolute Gasteiger partial charge is 0.478 e. The zero-order chi connectivity index (χ0) is 13.7. The molecule has 0 atom stereocenters. The average molecular weight is 304 g/mol. The van der Waals surface area contributed by atoms with Gasteiger partial charge in [0.25, 0.3) is 0 Å². The van der Waals surface area contributed by atoms with Gasteiger partial charge in [0.15, 0.2) is 11.4 Å². The Balaban J connectivity index is 3.27. The molecule has 0 heterocycles. The Bertz CT molecular complexity index is 532. The molecule has 2 N–H and O–H groups in total. The molecule has 1 aromatic rings. The van der Waals surface area contributed by atoms with Gasteiger partial charge in [-0.25, -0.2) is 9.79 Å². The van der Waals surface area contributed by atoms with Crippen molar-refractivity contribution in [2.24, 2.45) is 4.99 Å². The molecule has 0 aromatic heterocycles. The van der Waals surface area contributed by atoms with E-state index in [0.717, 1.165) is 0 Å². The molecule has 0 aliphatic carbocycles. The maximum absolute atomic E-state index is 10.8. The fourth-order valence-corrected chi connectivity index (χ4v) is 1.97. The number of hydrogen-bond donors (Lipinski definition) is 2. The molecule has 0 bridgehead atoms. The summed E-state index contributed by atoms with van der Waals surface area (Å²) >= 11 is 13.0. The summed E-state index contributed by atoms with van der Waals surface area (Å²) in [6.45, 7) is 0. The number of carboxylic acids is 1. The first-order valence-electron chi connectivity index (χ1n) is 4.49. The second-order valence-electron chi connectivity index (χ2n) is 2.95. The monoisotopic (exact) mass is 303 g/mol. The van der Waals surface area contributed by atoms with Gasteiger partial charge < -0.3 is 5.11 Å².